The average Bonchev–Trinajstić information content (AvgIpc) is 2.72. The third-order valence-corrected chi connectivity index (χ3v) is 4.02. The summed E-state index contributed by atoms with van der Waals surface area (Å²) in [5.74, 6) is 1.45. The topological polar surface area (TPSA) is 35.5 Å². The van der Waals surface area contributed by atoms with Crippen molar-refractivity contribution in [1.29, 1.82) is 0 Å². The summed E-state index contributed by atoms with van der Waals surface area (Å²) in [5.41, 5.74) is 2.59. The van der Waals surface area contributed by atoms with Crippen molar-refractivity contribution in [2.75, 3.05) is 6.61 Å². The van der Waals surface area contributed by atoms with Gasteiger partial charge in [0.25, 0.3) is 0 Å². The van der Waals surface area contributed by atoms with Crippen LogP contribution in [0.2, 0.25) is 0 Å². The van der Waals surface area contributed by atoms with Gasteiger partial charge in [0.05, 0.1) is 6.61 Å². The van der Waals surface area contributed by atoms with Gasteiger partial charge in [0.15, 0.2) is 5.78 Å². The summed E-state index contributed by atoms with van der Waals surface area (Å²) in [6, 6.07) is 24.8. The molecule has 3 heteroatoms. The van der Waals surface area contributed by atoms with Gasteiger partial charge in [-0.05, 0) is 55.0 Å². The number of carbonyl (C=O) groups excluding carboxylic acids is 1. The molecule has 3 aromatic carbocycles. The van der Waals surface area contributed by atoms with Gasteiger partial charge in [-0.25, -0.2) is 0 Å². The van der Waals surface area contributed by atoms with Crippen molar-refractivity contribution in [2.24, 2.45) is 0 Å². The van der Waals surface area contributed by atoms with E-state index in [1.165, 1.54) is 0 Å². The molecule has 27 heavy (non-hydrogen) atoms. The molecule has 0 heterocycles. The van der Waals surface area contributed by atoms with Crippen molar-refractivity contribution < 1.29 is 14.3 Å². The molecule has 0 bridgehead atoms. The lowest BCUT2D eigenvalue weighted by molar-refractivity contribution is 0.104. The Morgan fingerprint density at radius 3 is 2.30 bits per heavy atom. The molecule has 0 saturated heterocycles. The molecule has 0 fully saturated rings. The quantitative estimate of drug-likeness (QED) is 0.391. The molecule has 0 radical (unpaired) electrons. The van der Waals surface area contributed by atoms with Crippen molar-refractivity contribution in [3.63, 3.8) is 0 Å². The minimum Gasteiger partial charge on any atom is -0.494 e. The maximum atomic E-state index is 12.4. The molecular weight excluding hydrogens is 336 g/mol. The van der Waals surface area contributed by atoms with E-state index in [0.29, 0.717) is 18.8 Å². The maximum absolute atomic E-state index is 12.4. The number of rotatable bonds is 8. The number of para-hydroxylation sites is 1. The summed E-state index contributed by atoms with van der Waals surface area (Å²) in [6.45, 7) is 3.02. The van der Waals surface area contributed by atoms with Crippen LogP contribution in [0, 0.1) is 0 Å². The first kappa shape index (κ1) is 18.5. The van der Waals surface area contributed by atoms with Crippen LogP contribution in [-0.4, -0.2) is 12.4 Å². The highest BCUT2D eigenvalue weighted by Gasteiger charge is 2.04. The van der Waals surface area contributed by atoms with Crippen molar-refractivity contribution in [1.82, 2.24) is 0 Å². The first-order chi connectivity index (χ1) is 13.3. The smallest absolute Gasteiger partial charge is 0.185 e. The lowest BCUT2D eigenvalue weighted by Gasteiger charge is -2.09. The highest BCUT2D eigenvalue weighted by atomic mass is 16.5. The van der Waals surface area contributed by atoms with E-state index in [9.17, 15) is 4.79 Å². The summed E-state index contributed by atoms with van der Waals surface area (Å²) in [5, 5.41) is 0. The molecular formula is C24H22O3. The summed E-state index contributed by atoms with van der Waals surface area (Å²) < 4.78 is 11.3. The second-order valence-electron chi connectivity index (χ2n) is 5.97. The minimum absolute atomic E-state index is 0.0593. The molecule has 0 saturated carbocycles. The van der Waals surface area contributed by atoms with Crippen LogP contribution >= 0.6 is 0 Å². The molecule has 136 valence electrons. The zero-order valence-electron chi connectivity index (χ0n) is 15.3. The zero-order valence-corrected chi connectivity index (χ0v) is 15.3. The maximum Gasteiger partial charge on any atom is 0.185 e. The Kier molecular flexibility index (Phi) is 6.42. The van der Waals surface area contributed by atoms with Crippen molar-refractivity contribution in [3.8, 4) is 11.5 Å². The lowest BCUT2D eigenvalue weighted by Crippen LogP contribution is -1.97. The molecule has 0 aliphatic carbocycles. The molecule has 0 aliphatic heterocycles. The Morgan fingerprint density at radius 1 is 0.852 bits per heavy atom. The van der Waals surface area contributed by atoms with Gasteiger partial charge in [0.2, 0.25) is 0 Å². The van der Waals surface area contributed by atoms with E-state index in [1.54, 1.807) is 24.3 Å². The van der Waals surface area contributed by atoms with Gasteiger partial charge in [0.1, 0.15) is 18.1 Å². The van der Waals surface area contributed by atoms with Crippen LogP contribution in [0.15, 0.2) is 84.9 Å². The second kappa shape index (κ2) is 9.39. The van der Waals surface area contributed by atoms with E-state index < -0.39 is 0 Å². The predicted octanol–water partition coefficient (Wildman–Crippen LogP) is 5.56. The monoisotopic (exact) mass is 358 g/mol. The van der Waals surface area contributed by atoms with Gasteiger partial charge in [-0.2, -0.15) is 0 Å². The standard InChI is InChI=1S/C24H22O3/c1-2-26-22-15-12-20(13-16-22)23(25)17-14-21-10-6-7-11-24(21)27-18-19-8-4-3-5-9-19/h3-17H,2,18H2,1H3/b17-14+. The highest BCUT2D eigenvalue weighted by Crippen LogP contribution is 2.21. The first-order valence-corrected chi connectivity index (χ1v) is 8.97. The molecule has 0 aromatic heterocycles. The Balaban J connectivity index is 1.68. The third kappa shape index (κ3) is 5.32. The van der Waals surface area contributed by atoms with Crippen LogP contribution in [0.1, 0.15) is 28.4 Å². The van der Waals surface area contributed by atoms with Crippen molar-refractivity contribution >= 4 is 11.9 Å². The van der Waals surface area contributed by atoms with Gasteiger partial charge in [0, 0.05) is 11.1 Å². The Bertz CT molecular complexity index is 896. The fourth-order valence-electron chi connectivity index (χ4n) is 2.63. The normalized spacial score (nSPS) is 10.7. The summed E-state index contributed by atoms with van der Waals surface area (Å²) >= 11 is 0. The second-order valence-corrected chi connectivity index (χ2v) is 5.97. The number of carbonyl (C=O) groups is 1. The molecule has 0 unspecified atom stereocenters. The highest BCUT2D eigenvalue weighted by molar-refractivity contribution is 6.07. The number of ketones is 1. The van der Waals surface area contributed by atoms with Crippen LogP contribution in [0.5, 0.6) is 11.5 Å². The predicted molar refractivity (Wildman–Crippen MR) is 108 cm³/mol. The molecule has 3 aromatic rings. The molecule has 0 N–H and O–H groups in total. The lowest BCUT2D eigenvalue weighted by atomic mass is 10.1. The van der Waals surface area contributed by atoms with Crippen molar-refractivity contribution in [2.45, 2.75) is 13.5 Å². The summed E-state index contributed by atoms with van der Waals surface area (Å²) in [6.07, 6.45) is 3.36. The van der Waals surface area contributed by atoms with E-state index >= 15 is 0 Å². The molecule has 0 amide bonds. The fraction of sp³-hybridized carbons (Fsp3) is 0.125. The molecule has 0 atom stereocenters. The Hall–Kier alpha value is -3.33. The first-order valence-electron chi connectivity index (χ1n) is 8.97. The number of ether oxygens (including phenoxy) is 2. The minimum atomic E-state index is -0.0593. The average molecular weight is 358 g/mol. The van der Waals surface area contributed by atoms with Crippen LogP contribution in [-0.2, 0) is 6.61 Å². The number of allylic oxidation sites excluding steroid dienone is 1. The summed E-state index contributed by atoms with van der Waals surface area (Å²) in [4.78, 5) is 12.4. The van der Waals surface area contributed by atoms with Gasteiger partial charge in [-0.15, -0.1) is 0 Å². The zero-order chi connectivity index (χ0) is 18.9. The Labute approximate surface area is 159 Å². The van der Waals surface area contributed by atoms with Crippen LogP contribution in [0.25, 0.3) is 6.08 Å². The number of hydrogen-bond acceptors (Lipinski definition) is 3. The number of hydrogen-bond donors (Lipinski definition) is 0. The van der Waals surface area contributed by atoms with E-state index in [2.05, 4.69) is 0 Å². The molecule has 3 nitrogen and oxygen atoms in total. The van der Waals surface area contributed by atoms with Crippen LogP contribution < -0.4 is 9.47 Å². The molecule has 3 rings (SSSR count). The summed E-state index contributed by atoms with van der Waals surface area (Å²) in [7, 11) is 0. The largest absolute Gasteiger partial charge is 0.494 e. The number of benzene rings is 3. The molecule has 0 spiro atoms. The van der Waals surface area contributed by atoms with Gasteiger partial charge in [-0.3, -0.25) is 4.79 Å². The van der Waals surface area contributed by atoms with E-state index in [0.717, 1.165) is 22.6 Å². The van der Waals surface area contributed by atoms with Crippen molar-refractivity contribution in [3.05, 3.63) is 102 Å². The van der Waals surface area contributed by atoms with Crippen LogP contribution in [0.4, 0.5) is 0 Å². The van der Waals surface area contributed by atoms with Gasteiger partial charge < -0.3 is 9.47 Å². The third-order valence-electron chi connectivity index (χ3n) is 4.02. The Morgan fingerprint density at radius 2 is 1.56 bits per heavy atom. The fourth-order valence-corrected chi connectivity index (χ4v) is 2.63. The van der Waals surface area contributed by atoms with E-state index in [4.69, 9.17) is 9.47 Å². The van der Waals surface area contributed by atoms with E-state index in [-0.39, 0.29) is 5.78 Å². The van der Waals surface area contributed by atoms with E-state index in [1.807, 2.05) is 73.7 Å². The molecule has 0 aliphatic rings. The SMILES string of the molecule is CCOc1ccc(C(=O)/C=C/c2ccccc2OCc2ccccc2)cc1. The van der Waals surface area contributed by atoms with Gasteiger partial charge >= 0.3 is 0 Å². The van der Waals surface area contributed by atoms with Crippen LogP contribution in [0.3, 0.4) is 0 Å². The van der Waals surface area contributed by atoms with Gasteiger partial charge in [-0.1, -0.05) is 48.5 Å².